The predicted octanol–water partition coefficient (Wildman–Crippen LogP) is 1.30. The predicted molar refractivity (Wildman–Crippen MR) is 70.0 cm³/mol. The van der Waals surface area contributed by atoms with Gasteiger partial charge >= 0.3 is 0 Å². The molecule has 18 heavy (non-hydrogen) atoms. The largest absolute Gasteiger partial charge is 0.388 e. The summed E-state index contributed by atoms with van der Waals surface area (Å²) in [7, 11) is 0. The van der Waals surface area contributed by atoms with Crippen molar-refractivity contribution >= 4 is 18.3 Å². The number of carbonyl (C=O) groups excluding carboxylic acids is 1. The molecular formula is C13H15N3O2. The molecule has 1 aromatic rings. The molecule has 5 nitrogen and oxygen atoms in total. The minimum Gasteiger partial charge on any atom is -0.388 e. The first-order chi connectivity index (χ1) is 8.79. The maximum Gasteiger partial charge on any atom is 0.150 e. The molecule has 1 aromatic carbocycles. The Bertz CT molecular complexity index is 466. The Hall–Kier alpha value is -2.01. The molecule has 1 aliphatic heterocycles. The number of nitrogens with zero attached hydrogens (tertiary/aromatic N) is 2. The molecular weight excluding hydrogens is 230 g/mol. The Morgan fingerprint density at radius 2 is 2.17 bits per heavy atom. The van der Waals surface area contributed by atoms with Crippen LogP contribution in [0, 0.1) is 0 Å². The first kappa shape index (κ1) is 12.4. The van der Waals surface area contributed by atoms with Crippen molar-refractivity contribution < 1.29 is 9.90 Å². The third kappa shape index (κ3) is 3.24. The number of aldehydes is 1. The Balaban J connectivity index is 2.03. The van der Waals surface area contributed by atoms with E-state index in [-0.39, 0.29) is 0 Å². The standard InChI is InChI=1S/C13H15N3O2/c17-9-10-2-4-11(5-3-10)12(18)8-13-14-6-1-7-15-16-13/h2-6,9,12,15,18H,1,7-8H2. The van der Waals surface area contributed by atoms with Crippen LogP contribution in [0.3, 0.4) is 0 Å². The van der Waals surface area contributed by atoms with Crippen molar-refractivity contribution in [3.63, 3.8) is 0 Å². The van der Waals surface area contributed by atoms with Gasteiger partial charge in [-0.25, -0.2) is 4.99 Å². The number of aliphatic hydroxyl groups is 1. The second kappa shape index (κ2) is 6.07. The van der Waals surface area contributed by atoms with Crippen molar-refractivity contribution in [1.29, 1.82) is 0 Å². The fourth-order valence-corrected chi connectivity index (χ4v) is 1.66. The highest BCUT2D eigenvalue weighted by Gasteiger charge is 2.11. The molecule has 2 rings (SSSR count). The van der Waals surface area contributed by atoms with E-state index in [0.717, 1.165) is 24.8 Å². The normalized spacial score (nSPS) is 16.4. The van der Waals surface area contributed by atoms with Crippen molar-refractivity contribution in [3.05, 3.63) is 35.4 Å². The number of aliphatic imine (C=N–C) groups is 1. The summed E-state index contributed by atoms with van der Waals surface area (Å²) in [4.78, 5) is 14.7. The van der Waals surface area contributed by atoms with Crippen molar-refractivity contribution in [2.75, 3.05) is 6.54 Å². The highest BCUT2D eigenvalue weighted by atomic mass is 16.3. The van der Waals surface area contributed by atoms with Crippen molar-refractivity contribution in [3.8, 4) is 0 Å². The lowest BCUT2D eigenvalue weighted by atomic mass is 10.0. The summed E-state index contributed by atoms with van der Waals surface area (Å²) in [6.07, 6.45) is 3.09. The van der Waals surface area contributed by atoms with Crippen LogP contribution in [0.4, 0.5) is 0 Å². The van der Waals surface area contributed by atoms with Gasteiger partial charge in [0.05, 0.1) is 6.10 Å². The van der Waals surface area contributed by atoms with E-state index in [2.05, 4.69) is 15.5 Å². The van der Waals surface area contributed by atoms with Crippen LogP contribution >= 0.6 is 0 Å². The molecule has 5 heteroatoms. The molecule has 1 unspecified atom stereocenters. The van der Waals surface area contributed by atoms with E-state index < -0.39 is 6.10 Å². The van der Waals surface area contributed by atoms with Gasteiger partial charge in [0.1, 0.15) is 6.29 Å². The third-order valence-corrected chi connectivity index (χ3v) is 2.67. The van der Waals surface area contributed by atoms with E-state index >= 15 is 0 Å². The first-order valence-corrected chi connectivity index (χ1v) is 5.85. The van der Waals surface area contributed by atoms with Crippen molar-refractivity contribution in [2.45, 2.75) is 18.9 Å². The Morgan fingerprint density at radius 3 is 2.89 bits per heavy atom. The Labute approximate surface area is 105 Å². The van der Waals surface area contributed by atoms with Gasteiger partial charge in [-0.2, -0.15) is 5.10 Å². The molecule has 0 radical (unpaired) electrons. The monoisotopic (exact) mass is 245 g/mol. The number of aliphatic hydroxyl groups excluding tert-OH is 1. The minimum absolute atomic E-state index is 0.351. The van der Waals surface area contributed by atoms with Crippen LogP contribution < -0.4 is 5.43 Å². The zero-order valence-electron chi connectivity index (χ0n) is 9.91. The molecule has 1 atom stereocenters. The zero-order valence-corrected chi connectivity index (χ0v) is 9.91. The minimum atomic E-state index is -0.665. The number of amidine groups is 1. The lowest BCUT2D eigenvalue weighted by Gasteiger charge is -2.10. The van der Waals surface area contributed by atoms with E-state index in [4.69, 9.17) is 0 Å². The van der Waals surface area contributed by atoms with E-state index in [1.807, 2.05) is 0 Å². The molecule has 0 aliphatic carbocycles. The number of hydrogen-bond acceptors (Lipinski definition) is 5. The maximum absolute atomic E-state index is 10.5. The van der Waals surface area contributed by atoms with Crippen LogP contribution in [0.5, 0.6) is 0 Å². The van der Waals surface area contributed by atoms with Crippen LogP contribution in [-0.4, -0.2) is 30.0 Å². The molecule has 1 aliphatic rings. The molecule has 94 valence electrons. The molecule has 1 heterocycles. The summed E-state index contributed by atoms with van der Waals surface area (Å²) in [5, 5.41) is 14.1. The quantitative estimate of drug-likeness (QED) is 0.785. The number of hydrogen-bond donors (Lipinski definition) is 2. The second-order valence-corrected chi connectivity index (χ2v) is 4.04. The van der Waals surface area contributed by atoms with Crippen LogP contribution in [0.1, 0.15) is 34.9 Å². The average Bonchev–Trinajstić information content (AvgIpc) is 2.67. The van der Waals surface area contributed by atoms with Gasteiger partial charge in [0, 0.05) is 31.2 Å². The van der Waals surface area contributed by atoms with E-state index in [1.54, 1.807) is 30.5 Å². The van der Waals surface area contributed by atoms with Gasteiger partial charge in [0.2, 0.25) is 0 Å². The van der Waals surface area contributed by atoms with Gasteiger partial charge in [-0.15, -0.1) is 0 Å². The first-order valence-electron chi connectivity index (χ1n) is 5.85. The summed E-state index contributed by atoms with van der Waals surface area (Å²) in [6, 6.07) is 6.84. The number of rotatable bonds is 4. The summed E-state index contributed by atoms with van der Waals surface area (Å²) in [5.74, 6) is 0.583. The van der Waals surface area contributed by atoms with Gasteiger partial charge in [-0.05, 0) is 5.56 Å². The molecule has 0 aromatic heterocycles. The van der Waals surface area contributed by atoms with Gasteiger partial charge in [0.15, 0.2) is 5.84 Å². The molecule has 0 saturated heterocycles. The average molecular weight is 245 g/mol. The zero-order chi connectivity index (χ0) is 12.8. The number of carbonyl (C=O) groups is 1. The smallest absolute Gasteiger partial charge is 0.150 e. The van der Waals surface area contributed by atoms with Gasteiger partial charge in [0.25, 0.3) is 0 Å². The fourth-order valence-electron chi connectivity index (χ4n) is 1.66. The van der Waals surface area contributed by atoms with Crippen LogP contribution in [-0.2, 0) is 0 Å². The van der Waals surface area contributed by atoms with Crippen molar-refractivity contribution in [2.24, 2.45) is 10.1 Å². The number of hydrazone groups is 1. The van der Waals surface area contributed by atoms with Crippen LogP contribution in [0.25, 0.3) is 0 Å². The molecule has 0 amide bonds. The maximum atomic E-state index is 10.5. The van der Waals surface area contributed by atoms with Gasteiger partial charge < -0.3 is 10.5 Å². The highest BCUT2D eigenvalue weighted by molar-refractivity contribution is 5.90. The fraction of sp³-hybridized carbons (Fsp3) is 0.308. The second-order valence-electron chi connectivity index (χ2n) is 4.04. The van der Waals surface area contributed by atoms with Crippen LogP contribution in [0.2, 0.25) is 0 Å². The number of nitrogens with one attached hydrogen (secondary N) is 1. The lowest BCUT2D eigenvalue weighted by molar-refractivity contribution is 0.112. The highest BCUT2D eigenvalue weighted by Crippen LogP contribution is 2.18. The molecule has 0 fully saturated rings. The molecule has 0 bridgehead atoms. The van der Waals surface area contributed by atoms with E-state index in [1.165, 1.54) is 0 Å². The van der Waals surface area contributed by atoms with E-state index in [9.17, 15) is 9.90 Å². The Kier molecular flexibility index (Phi) is 4.20. The van der Waals surface area contributed by atoms with Gasteiger partial charge in [-0.1, -0.05) is 24.3 Å². The summed E-state index contributed by atoms with van der Waals surface area (Å²) < 4.78 is 0. The summed E-state index contributed by atoms with van der Waals surface area (Å²) in [6.45, 7) is 0.761. The van der Waals surface area contributed by atoms with E-state index in [0.29, 0.717) is 17.8 Å². The molecule has 0 saturated carbocycles. The SMILES string of the molecule is O=Cc1ccc(C(O)CC2=NNCCC=N2)cc1. The number of benzene rings is 1. The van der Waals surface area contributed by atoms with Crippen LogP contribution in [0.15, 0.2) is 34.4 Å². The molecule has 2 N–H and O–H groups in total. The topological polar surface area (TPSA) is 74.0 Å². The molecule has 0 spiro atoms. The third-order valence-electron chi connectivity index (χ3n) is 2.67. The van der Waals surface area contributed by atoms with Gasteiger partial charge in [-0.3, -0.25) is 4.79 Å². The summed E-state index contributed by atoms with van der Waals surface area (Å²) >= 11 is 0. The van der Waals surface area contributed by atoms with Crippen molar-refractivity contribution in [1.82, 2.24) is 5.43 Å². The lowest BCUT2D eigenvalue weighted by Crippen LogP contribution is -2.10. The Morgan fingerprint density at radius 1 is 1.39 bits per heavy atom. The summed E-state index contributed by atoms with van der Waals surface area (Å²) in [5.41, 5.74) is 4.23.